The SMILES string of the molecule is CC/C=C/C(C1CCC1CN1C[C@@]2(CCCc3cc(Cl)ccc32)COc2ccc(C(=O)NC)cc21)N1CCN2CCOCC2C1. The van der Waals surface area contributed by atoms with E-state index >= 15 is 0 Å². The summed E-state index contributed by atoms with van der Waals surface area (Å²) >= 11 is 6.48. The predicted octanol–water partition coefficient (Wildman–Crippen LogP) is 5.55. The van der Waals surface area contributed by atoms with E-state index in [0.717, 1.165) is 94.6 Å². The number of morpholine rings is 1. The fraction of sp³-hybridized carbons (Fsp3) is 0.595. The number of ether oxygens (including phenoxy) is 2. The Morgan fingerprint density at radius 2 is 2.09 bits per heavy atom. The van der Waals surface area contributed by atoms with E-state index < -0.39 is 0 Å². The van der Waals surface area contributed by atoms with Crippen LogP contribution >= 0.6 is 11.6 Å². The zero-order valence-electron chi connectivity index (χ0n) is 27.0. The minimum Gasteiger partial charge on any atom is -0.490 e. The van der Waals surface area contributed by atoms with Crippen LogP contribution in [0.5, 0.6) is 5.75 Å². The van der Waals surface area contributed by atoms with Crippen molar-refractivity contribution in [2.45, 2.75) is 62.9 Å². The van der Waals surface area contributed by atoms with Crippen molar-refractivity contribution < 1.29 is 14.3 Å². The highest BCUT2D eigenvalue weighted by Gasteiger charge is 2.45. The van der Waals surface area contributed by atoms with Gasteiger partial charge in [-0.25, -0.2) is 0 Å². The van der Waals surface area contributed by atoms with Crippen LogP contribution in [0.1, 0.15) is 60.5 Å². The van der Waals surface area contributed by atoms with E-state index in [1.54, 1.807) is 7.05 Å². The summed E-state index contributed by atoms with van der Waals surface area (Å²) in [6, 6.07) is 13.4. The van der Waals surface area contributed by atoms with Crippen LogP contribution in [0.4, 0.5) is 5.69 Å². The Balaban J connectivity index is 1.19. The Morgan fingerprint density at radius 1 is 1.18 bits per heavy atom. The number of halogens is 1. The molecule has 0 aromatic heterocycles. The Labute approximate surface area is 273 Å². The first-order valence-corrected chi connectivity index (χ1v) is 17.6. The van der Waals surface area contributed by atoms with Gasteiger partial charge in [0.1, 0.15) is 5.75 Å². The maximum Gasteiger partial charge on any atom is 0.251 e. The van der Waals surface area contributed by atoms with Crippen molar-refractivity contribution >= 4 is 23.2 Å². The summed E-state index contributed by atoms with van der Waals surface area (Å²) < 4.78 is 12.6. The van der Waals surface area contributed by atoms with Gasteiger partial charge in [0.25, 0.3) is 5.91 Å². The highest BCUT2D eigenvalue weighted by Crippen LogP contribution is 2.47. The maximum atomic E-state index is 12.8. The molecule has 7 rings (SSSR count). The zero-order valence-corrected chi connectivity index (χ0v) is 27.7. The quantitative estimate of drug-likeness (QED) is 0.404. The van der Waals surface area contributed by atoms with E-state index in [-0.39, 0.29) is 11.3 Å². The van der Waals surface area contributed by atoms with Crippen molar-refractivity contribution in [1.82, 2.24) is 15.1 Å². The lowest BCUT2D eigenvalue weighted by atomic mass is 9.67. The van der Waals surface area contributed by atoms with Crippen LogP contribution in [-0.4, -0.2) is 93.9 Å². The van der Waals surface area contributed by atoms with Gasteiger partial charge in [-0.15, -0.1) is 0 Å². The minimum atomic E-state index is -0.123. The van der Waals surface area contributed by atoms with Gasteiger partial charge in [0.15, 0.2) is 0 Å². The van der Waals surface area contributed by atoms with E-state index in [4.69, 9.17) is 21.1 Å². The van der Waals surface area contributed by atoms with Gasteiger partial charge in [-0.1, -0.05) is 36.7 Å². The summed E-state index contributed by atoms with van der Waals surface area (Å²) in [6.45, 7) is 10.8. The Morgan fingerprint density at radius 3 is 2.91 bits per heavy atom. The second kappa shape index (κ2) is 13.3. The molecule has 3 fully saturated rings. The number of hydrogen-bond donors (Lipinski definition) is 1. The van der Waals surface area contributed by atoms with Crippen LogP contribution in [0.15, 0.2) is 48.6 Å². The Bertz CT molecular complexity index is 1420. The van der Waals surface area contributed by atoms with Gasteiger partial charge >= 0.3 is 0 Å². The van der Waals surface area contributed by atoms with E-state index in [1.165, 1.54) is 24.0 Å². The minimum absolute atomic E-state index is 0.0634. The standard InChI is InChI=1S/C37H49ClN4O3/c1-3-4-7-33(41-16-15-40-17-18-44-23-30(40)22-41)31-11-8-28(31)21-42-24-37(14-5-6-26-19-29(38)10-12-32(26)37)25-45-35-13-9-27(20-34(35)42)36(43)39-2/h4,7,9-10,12-13,19-20,28,30-31,33H,3,5-6,8,11,14-18,21-25H2,1-2H3,(H,39,43)/b7-4+/t28?,30?,31?,33?,37-/m0/s1. The molecule has 0 radical (unpaired) electrons. The first-order chi connectivity index (χ1) is 22.0. The summed E-state index contributed by atoms with van der Waals surface area (Å²) in [5.74, 6) is 1.99. The van der Waals surface area contributed by atoms with Crippen molar-refractivity contribution in [2.75, 3.05) is 71.0 Å². The van der Waals surface area contributed by atoms with Crippen LogP contribution in [0.2, 0.25) is 5.02 Å². The van der Waals surface area contributed by atoms with Gasteiger partial charge in [0.2, 0.25) is 0 Å². The van der Waals surface area contributed by atoms with Crippen molar-refractivity contribution in [3.05, 3.63) is 70.3 Å². The third-order valence-electron chi connectivity index (χ3n) is 11.4. The van der Waals surface area contributed by atoms with E-state index in [0.29, 0.717) is 36.1 Å². The fourth-order valence-electron chi connectivity index (χ4n) is 8.81. The molecule has 3 aliphatic heterocycles. The van der Waals surface area contributed by atoms with E-state index in [1.807, 2.05) is 18.2 Å². The van der Waals surface area contributed by atoms with Crippen LogP contribution < -0.4 is 15.0 Å². The van der Waals surface area contributed by atoms with E-state index in [2.05, 4.69) is 57.3 Å². The molecule has 45 heavy (non-hydrogen) atoms. The summed E-state index contributed by atoms with van der Waals surface area (Å²) in [5, 5.41) is 3.62. The molecule has 1 N–H and O–H groups in total. The molecule has 4 unspecified atom stereocenters. The average molecular weight is 633 g/mol. The highest BCUT2D eigenvalue weighted by atomic mass is 35.5. The molecule has 0 bridgehead atoms. The lowest BCUT2D eigenvalue weighted by Crippen LogP contribution is -2.62. The van der Waals surface area contributed by atoms with Gasteiger partial charge in [0, 0.05) is 74.4 Å². The van der Waals surface area contributed by atoms with Gasteiger partial charge < -0.3 is 19.7 Å². The molecule has 1 spiro atoms. The number of rotatable bonds is 7. The molecule has 2 aromatic rings. The van der Waals surface area contributed by atoms with Crippen molar-refractivity contribution in [2.24, 2.45) is 11.8 Å². The number of allylic oxidation sites excluding steroid dienone is 1. The Hall–Kier alpha value is -2.58. The molecule has 2 aliphatic carbocycles. The van der Waals surface area contributed by atoms with Gasteiger partial charge in [-0.2, -0.15) is 0 Å². The van der Waals surface area contributed by atoms with Gasteiger partial charge in [-0.3, -0.25) is 14.6 Å². The number of carbonyl (C=O) groups excluding carboxylic acids is 1. The third-order valence-corrected chi connectivity index (χ3v) is 11.6. The topological polar surface area (TPSA) is 57.3 Å². The number of carbonyl (C=O) groups is 1. The average Bonchev–Trinajstić information content (AvgIpc) is 3.21. The molecular formula is C37H49ClN4O3. The number of piperazine rings is 1. The molecule has 1 saturated carbocycles. The molecular weight excluding hydrogens is 584 g/mol. The van der Waals surface area contributed by atoms with Crippen LogP contribution in [0.3, 0.4) is 0 Å². The number of benzene rings is 2. The number of hydrogen-bond acceptors (Lipinski definition) is 6. The lowest BCUT2D eigenvalue weighted by Gasteiger charge is -2.51. The number of amides is 1. The van der Waals surface area contributed by atoms with Crippen LogP contribution in [-0.2, 0) is 16.6 Å². The zero-order chi connectivity index (χ0) is 31.0. The second-order valence-corrected chi connectivity index (χ2v) is 14.4. The van der Waals surface area contributed by atoms with Crippen molar-refractivity contribution in [1.29, 1.82) is 0 Å². The molecule has 7 nitrogen and oxygen atoms in total. The normalized spacial score (nSPS) is 29.2. The van der Waals surface area contributed by atoms with Crippen LogP contribution in [0.25, 0.3) is 0 Å². The Kier molecular flexibility index (Phi) is 9.15. The number of nitrogens with one attached hydrogen (secondary N) is 1. The molecule has 242 valence electrons. The maximum absolute atomic E-state index is 12.8. The molecule has 1 amide bonds. The number of nitrogens with zero attached hydrogens (tertiary/aromatic N) is 3. The predicted molar refractivity (Wildman–Crippen MR) is 181 cm³/mol. The smallest absolute Gasteiger partial charge is 0.251 e. The van der Waals surface area contributed by atoms with Crippen LogP contribution in [0, 0.1) is 11.8 Å². The number of fused-ring (bicyclic) bond motifs is 4. The molecule has 8 heteroatoms. The van der Waals surface area contributed by atoms with Crippen molar-refractivity contribution in [3.8, 4) is 5.75 Å². The lowest BCUT2D eigenvalue weighted by molar-refractivity contribution is -0.0611. The summed E-state index contributed by atoms with van der Waals surface area (Å²) in [6.07, 6.45) is 11.7. The first-order valence-electron chi connectivity index (χ1n) is 17.2. The highest BCUT2D eigenvalue weighted by molar-refractivity contribution is 6.30. The first kappa shape index (κ1) is 31.0. The molecule has 3 heterocycles. The third kappa shape index (κ3) is 6.14. The second-order valence-electron chi connectivity index (χ2n) is 14.0. The molecule has 5 aliphatic rings. The summed E-state index contributed by atoms with van der Waals surface area (Å²) in [5.41, 5.74) is 4.34. The molecule has 2 aromatic carbocycles. The molecule has 5 atom stereocenters. The monoisotopic (exact) mass is 632 g/mol. The fourth-order valence-corrected chi connectivity index (χ4v) is 9.00. The largest absolute Gasteiger partial charge is 0.490 e. The van der Waals surface area contributed by atoms with E-state index in [9.17, 15) is 4.79 Å². The number of aryl methyl sites for hydroxylation is 1. The number of anilines is 1. The molecule has 2 saturated heterocycles. The van der Waals surface area contributed by atoms with Gasteiger partial charge in [0.05, 0.1) is 25.5 Å². The summed E-state index contributed by atoms with van der Waals surface area (Å²) in [4.78, 5) is 20.8. The van der Waals surface area contributed by atoms with Crippen molar-refractivity contribution in [3.63, 3.8) is 0 Å². The summed E-state index contributed by atoms with van der Waals surface area (Å²) in [7, 11) is 1.70. The van der Waals surface area contributed by atoms with Gasteiger partial charge in [-0.05, 0) is 91.8 Å².